The normalized spacial score (nSPS) is 13.1. The van der Waals surface area contributed by atoms with Gasteiger partial charge in [0.2, 0.25) is 0 Å². The second kappa shape index (κ2) is 6.94. The summed E-state index contributed by atoms with van der Waals surface area (Å²) in [5.41, 5.74) is 0.973. The summed E-state index contributed by atoms with van der Waals surface area (Å²) in [6, 6.07) is 4.91. The minimum absolute atomic E-state index is 0.129. The van der Waals surface area contributed by atoms with Gasteiger partial charge in [0.15, 0.2) is 0 Å². The standard InChI is InChI=1S/C13H19ClFNO/c1-9(2)17-7-6-16-10(3)11-4-5-13(15)12(14)8-11/h4-5,8-10,16H,6-7H2,1-3H3. The Balaban J connectivity index is 2.41. The number of hydrogen-bond acceptors (Lipinski definition) is 2. The van der Waals surface area contributed by atoms with E-state index in [0.29, 0.717) is 6.61 Å². The fourth-order valence-electron chi connectivity index (χ4n) is 1.47. The topological polar surface area (TPSA) is 21.3 Å². The molecule has 0 radical (unpaired) electrons. The van der Waals surface area contributed by atoms with Crippen molar-refractivity contribution in [2.45, 2.75) is 32.9 Å². The highest BCUT2D eigenvalue weighted by molar-refractivity contribution is 6.30. The summed E-state index contributed by atoms with van der Waals surface area (Å²) in [6.45, 7) is 7.44. The van der Waals surface area contributed by atoms with Crippen molar-refractivity contribution in [3.63, 3.8) is 0 Å². The molecule has 1 N–H and O–H groups in total. The van der Waals surface area contributed by atoms with E-state index >= 15 is 0 Å². The first-order valence-corrected chi connectivity index (χ1v) is 6.18. The van der Waals surface area contributed by atoms with Crippen LogP contribution >= 0.6 is 11.6 Å². The molecule has 0 fully saturated rings. The number of ether oxygens (including phenoxy) is 1. The Hall–Kier alpha value is -0.640. The molecule has 1 rings (SSSR count). The summed E-state index contributed by atoms with van der Waals surface area (Å²) < 4.78 is 18.4. The molecule has 1 aromatic carbocycles. The van der Waals surface area contributed by atoms with Gasteiger partial charge in [0.25, 0.3) is 0 Å². The highest BCUT2D eigenvalue weighted by atomic mass is 35.5. The summed E-state index contributed by atoms with van der Waals surface area (Å²) in [5, 5.41) is 3.46. The lowest BCUT2D eigenvalue weighted by molar-refractivity contribution is 0.0796. The molecule has 0 aliphatic carbocycles. The quantitative estimate of drug-likeness (QED) is 0.789. The molecule has 17 heavy (non-hydrogen) atoms. The summed E-state index contributed by atoms with van der Waals surface area (Å²) in [6.07, 6.45) is 0.243. The maximum atomic E-state index is 13.0. The number of hydrogen-bond donors (Lipinski definition) is 1. The van der Waals surface area contributed by atoms with Gasteiger partial charge in [0, 0.05) is 12.6 Å². The molecule has 96 valence electrons. The molecule has 0 saturated carbocycles. The van der Waals surface area contributed by atoms with Gasteiger partial charge >= 0.3 is 0 Å². The van der Waals surface area contributed by atoms with Crippen LogP contribution in [0, 0.1) is 5.82 Å². The van der Waals surface area contributed by atoms with E-state index < -0.39 is 0 Å². The molecule has 0 bridgehead atoms. The summed E-state index contributed by atoms with van der Waals surface area (Å²) in [5.74, 6) is -0.384. The zero-order chi connectivity index (χ0) is 12.8. The molecule has 2 nitrogen and oxygen atoms in total. The van der Waals surface area contributed by atoms with Crippen LogP contribution in [0.4, 0.5) is 4.39 Å². The van der Waals surface area contributed by atoms with E-state index in [4.69, 9.17) is 16.3 Å². The lowest BCUT2D eigenvalue weighted by Gasteiger charge is -2.15. The second-order valence-electron chi connectivity index (χ2n) is 4.27. The molecule has 0 aromatic heterocycles. The maximum absolute atomic E-state index is 13.0. The van der Waals surface area contributed by atoms with E-state index in [9.17, 15) is 4.39 Å². The SMILES string of the molecule is CC(C)OCCNC(C)c1ccc(F)c(Cl)c1. The molecule has 0 amide bonds. The van der Waals surface area contributed by atoms with Gasteiger partial charge in [-0.25, -0.2) is 4.39 Å². The van der Waals surface area contributed by atoms with Crippen LogP contribution in [-0.2, 0) is 4.74 Å². The molecule has 1 aromatic rings. The van der Waals surface area contributed by atoms with Crippen LogP contribution in [0.5, 0.6) is 0 Å². The first-order chi connectivity index (χ1) is 8.00. The van der Waals surface area contributed by atoms with Crippen LogP contribution in [-0.4, -0.2) is 19.3 Å². The highest BCUT2D eigenvalue weighted by Gasteiger charge is 2.07. The molecule has 0 aliphatic heterocycles. The molecule has 4 heteroatoms. The van der Waals surface area contributed by atoms with Crippen molar-refractivity contribution in [1.82, 2.24) is 5.32 Å². The van der Waals surface area contributed by atoms with Gasteiger partial charge in [-0.1, -0.05) is 17.7 Å². The van der Waals surface area contributed by atoms with E-state index in [1.54, 1.807) is 12.1 Å². The van der Waals surface area contributed by atoms with E-state index in [1.165, 1.54) is 6.07 Å². The van der Waals surface area contributed by atoms with Gasteiger partial charge < -0.3 is 10.1 Å². The Labute approximate surface area is 107 Å². The molecule has 0 spiro atoms. The summed E-state index contributed by atoms with van der Waals surface area (Å²) >= 11 is 5.73. The number of rotatable bonds is 6. The third-order valence-electron chi connectivity index (χ3n) is 2.45. The highest BCUT2D eigenvalue weighted by Crippen LogP contribution is 2.20. The minimum Gasteiger partial charge on any atom is -0.377 e. The van der Waals surface area contributed by atoms with Gasteiger partial charge in [-0.2, -0.15) is 0 Å². The maximum Gasteiger partial charge on any atom is 0.141 e. The van der Waals surface area contributed by atoms with Crippen LogP contribution in [0.15, 0.2) is 18.2 Å². The van der Waals surface area contributed by atoms with Gasteiger partial charge in [0.05, 0.1) is 17.7 Å². The predicted octanol–water partition coefficient (Wildman–Crippen LogP) is 3.55. The van der Waals surface area contributed by atoms with Crippen molar-refractivity contribution < 1.29 is 9.13 Å². The van der Waals surface area contributed by atoms with E-state index in [-0.39, 0.29) is 23.0 Å². The Morgan fingerprint density at radius 2 is 2.06 bits per heavy atom. The van der Waals surface area contributed by atoms with Crippen molar-refractivity contribution in [2.75, 3.05) is 13.2 Å². The van der Waals surface area contributed by atoms with E-state index in [0.717, 1.165) is 12.1 Å². The van der Waals surface area contributed by atoms with Gasteiger partial charge in [-0.3, -0.25) is 0 Å². The predicted molar refractivity (Wildman–Crippen MR) is 68.9 cm³/mol. The molecule has 1 unspecified atom stereocenters. The van der Waals surface area contributed by atoms with E-state index in [1.807, 2.05) is 20.8 Å². The third kappa shape index (κ3) is 5.02. The van der Waals surface area contributed by atoms with Crippen molar-refractivity contribution >= 4 is 11.6 Å². The van der Waals surface area contributed by atoms with Gasteiger partial charge in [-0.15, -0.1) is 0 Å². The van der Waals surface area contributed by atoms with Crippen LogP contribution < -0.4 is 5.32 Å². The fraction of sp³-hybridized carbons (Fsp3) is 0.538. The average Bonchev–Trinajstić information content (AvgIpc) is 2.27. The van der Waals surface area contributed by atoms with Crippen molar-refractivity contribution in [2.24, 2.45) is 0 Å². The first-order valence-electron chi connectivity index (χ1n) is 5.80. The van der Waals surface area contributed by atoms with Crippen LogP contribution in [0.2, 0.25) is 5.02 Å². The van der Waals surface area contributed by atoms with Crippen molar-refractivity contribution in [3.8, 4) is 0 Å². The lowest BCUT2D eigenvalue weighted by atomic mass is 10.1. The second-order valence-corrected chi connectivity index (χ2v) is 4.68. The minimum atomic E-state index is -0.384. The molecule has 0 aliphatic rings. The summed E-state index contributed by atoms with van der Waals surface area (Å²) in [4.78, 5) is 0. The zero-order valence-electron chi connectivity index (χ0n) is 10.5. The Morgan fingerprint density at radius 3 is 2.65 bits per heavy atom. The van der Waals surface area contributed by atoms with Crippen LogP contribution in [0.1, 0.15) is 32.4 Å². The molecular formula is C13H19ClFNO. The molecule has 1 atom stereocenters. The summed E-state index contributed by atoms with van der Waals surface area (Å²) in [7, 11) is 0. The van der Waals surface area contributed by atoms with Crippen molar-refractivity contribution in [1.29, 1.82) is 0 Å². The third-order valence-corrected chi connectivity index (χ3v) is 2.74. The molecular weight excluding hydrogens is 241 g/mol. The van der Waals surface area contributed by atoms with E-state index in [2.05, 4.69) is 5.32 Å². The van der Waals surface area contributed by atoms with Gasteiger partial charge in [0.1, 0.15) is 5.82 Å². The molecule has 0 saturated heterocycles. The van der Waals surface area contributed by atoms with Crippen LogP contribution in [0.25, 0.3) is 0 Å². The first kappa shape index (κ1) is 14.4. The monoisotopic (exact) mass is 259 g/mol. The van der Waals surface area contributed by atoms with Gasteiger partial charge in [-0.05, 0) is 38.5 Å². The zero-order valence-corrected chi connectivity index (χ0v) is 11.2. The van der Waals surface area contributed by atoms with Crippen molar-refractivity contribution in [3.05, 3.63) is 34.6 Å². The molecule has 0 heterocycles. The largest absolute Gasteiger partial charge is 0.377 e. The number of halogens is 2. The van der Waals surface area contributed by atoms with Crippen LogP contribution in [0.3, 0.4) is 0 Å². The Morgan fingerprint density at radius 1 is 1.35 bits per heavy atom. The average molecular weight is 260 g/mol. The Bertz CT molecular complexity index is 357. The lowest BCUT2D eigenvalue weighted by Crippen LogP contribution is -2.24. The smallest absolute Gasteiger partial charge is 0.141 e. The number of nitrogens with one attached hydrogen (secondary N) is 1. The number of benzene rings is 1. The fourth-order valence-corrected chi connectivity index (χ4v) is 1.66. The Kier molecular flexibility index (Phi) is 5.89.